The molecule has 0 fully saturated rings. The number of hydrogen-bond acceptors (Lipinski definition) is 3. The van der Waals surface area contributed by atoms with E-state index in [4.69, 9.17) is 0 Å². The van der Waals surface area contributed by atoms with Gasteiger partial charge in [-0.3, -0.25) is 14.9 Å². The van der Waals surface area contributed by atoms with E-state index in [9.17, 15) is 4.79 Å². The Morgan fingerprint density at radius 1 is 1.18 bits per heavy atom. The van der Waals surface area contributed by atoms with Crippen LogP contribution in [0, 0.1) is 6.92 Å². The highest BCUT2D eigenvalue weighted by atomic mass is 16.2. The molecule has 2 aromatic heterocycles. The highest BCUT2D eigenvalue weighted by Gasteiger charge is 2.15. The number of nitrogens with zero attached hydrogens (tertiary/aromatic N) is 3. The van der Waals surface area contributed by atoms with E-state index in [1.807, 2.05) is 31.2 Å². The second-order valence-electron chi connectivity index (χ2n) is 5.17. The van der Waals surface area contributed by atoms with Crippen LogP contribution >= 0.6 is 0 Å². The van der Waals surface area contributed by atoms with Gasteiger partial charge in [-0.25, -0.2) is 4.79 Å². The Morgan fingerprint density at radius 2 is 1.91 bits per heavy atom. The lowest BCUT2D eigenvalue weighted by Crippen LogP contribution is -2.38. The summed E-state index contributed by atoms with van der Waals surface area (Å²) in [5.74, 6) is 0. The minimum absolute atomic E-state index is 0.181. The first kappa shape index (κ1) is 14.0. The maximum absolute atomic E-state index is 11.9. The second kappa shape index (κ2) is 5.81. The fraction of sp³-hybridized carbons (Fsp3) is 0.118. The second-order valence-corrected chi connectivity index (χ2v) is 5.17. The van der Waals surface area contributed by atoms with Crippen molar-refractivity contribution in [3.8, 4) is 11.4 Å². The summed E-state index contributed by atoms with van der Waals surface area (Å²) in [5.41, 5.74) is 4.34. The van der Waals surface area contributed by atoms with E-state index in [1.54, 1.807) is 29.6 Å². The molecule has 2 aromatic rings. The molecule has 5 heteroatoms. The fourth-order valence-electron chi connectivity index (χ4n) is 2.21. The summed E-state index contributed by atoms with van der Waals surface area (Å²) in [4.78, 5) is 22.2. The molecule has 1 N–H and O–H groups in total. The number of urea groups is 1. The van der Waals surface area contributed by atoms with E-state index in [1.165, 1.54) is 0 Å². The predicted molar refractivity (Wildman–Crippen MR) is 84.6 cm³/mol. The molecule has 22 heavy (non-hydrogen) atoms. The molecule has 110 valence electrons. The van der Waals surface area contributed by atoms with Crippen LogP contribution in [0.3, 0.4) is 0 Å². The predicted octanol–water partition coefficient (Wildman–Crippen LogP) is 3.00. The first-order valence-corrected chi connectivity index (χ1v) is 6.94. The molecule has 0 bridgehead atoms. The number of nitrogens with one attached hydrogen (secondary N) is 1. The Kier molecular flexibility index (Phi) is 3.70. The van der Waals surface area contributed by atoms with Gasteiger partial charge in [-0.15, -0.1) is 0 Å². The summed E-state index contributed by atoms with van der Waals surface area (Å²) < 4.78 is 0. The zero-order valence-electron chi connectivity index (χ0n) is 12.3. The Labute approximate surface area is 129 Å². The number of hydrogen-bond donors (Lipinski definition) is 1. The van der Waals surface area contributed by atoms with Crippen LogP contribution in [0.4, 0.5) is 4.79 Å². The maximum atomic E-state index is 11.9. The van der Waals surface area contributed by atoms with Gasteiger partial charge >= 0.3 is 6.03 Å². The lowest BCUT2D eigenvalue weighted by molar-refractivity contribution is 0.215. The van der Waals surface area contributed by atoms with Gasteiger partial charge < -0.3 is 5.32 Å². The molecule has 0 atom stereocenters. The van der Waals surface area contributed by atoms with Crippen molar-refractivity contribution in [2.75, 3.05) is 0 Å². The molecule has 0 aliphatic carbocycles. The molecule has 1 aliphatic heterocycles. The third-order valence-electron chi connectivity index (χ3n) is 3.34. The fourth-order valence-corrected chi connectivity index (χ4v) is 2.21. The molecule has 0 unspecified atom stereocenters. The van der Waals surface area contributed by atoms with Crippen LogP contribution in [-0.4, -0.2) is 20.9 Å². The molecule has 0 spiro atoms. The smallest absolute Gasteiger partial charge is 0.308 e. The van der Waals surface area contributed by atoms with Gasteiger partial charge in [0, 0.05) is 24.3 Å². The highest BCUT2D eigenvalue weighted by Crippen LogP contribution is 2.18. The Bertz CT molecular complexity index is 767. The number of pyridine rings is 2. The molecule has 0 radical (unpaired) electrons. The van der Waals surface area contributed by atoms with Crippen molar-refractivity contribution in [2.24, 2.45) is 0 Å². The topological polar surface area (TPSA) is 58.1 Å². The van der Waals surface area contributed by atoms with E-state index in [0.29, 0.717) is 12.2 Å². The Morgan fingerprint density at radius 3 is 2.64 bits per heavy atom. The van der Waals surface area contributed by atoms with Crippen molar-refractivity contribution in [2.45, 2.75) is 13.5 Å². The summed E-state index contributed by atoms with van der Waals surface area (Å²) in [5, 5.41) is 2.68. The molecule has 5 nitrogen and oxygen atoms in total. The van der Waals surface area contributed by atoms with Crippen LogP contribution in [0.2, 0.25) is 0 Å². The Hall–Kier alpha value is -2.95. The molecular weight excluding hydrogens is 276 g/mol. The van der Waals surface area contributed by atoms with Gasteiger partial charge in [0.15, 0.2) is 0 Å². The number of aromatic nitrogens is 2. The lowest BCUT2D eigenvalue weighted by Gasteiger charge is -2.23. The zero-order valence-corrected chi connectivity index (χ0v) is 12.3. The van der Waals surface area contributed by atoms with E-state index in [-0.39, 0.29) is 6.03 Å². The van der Waals surface area contributed by atoms with Crippen LogP contribution in [0.15, 0.2) is 61.2 Å². The first-order valence-electron chi connectivity index (χ1n) is 6.94. The molecule has 3 rings (SSSR count). The van der Waals surface area contributed by atoms with Gasteiger partial charge in [0.25, 0.3) is 0 Å². The lowest BCUT2D eigenvalue weighted by atomic mass is 10.1. The zero-order chi connectivity index (χ0) is 15.5. The van der Waals surface area contributed by atoms with Crippen LogP contribution in [0.1, 0.15) is 11.1 Å². The molecule has 0 aromatic carbocycles. The molecule has 2 amide bonds. The van der Waals surface area contributed by atoms with Crippen LogP contribution in [-0.2, 0) is 6.54 Å². The average molecular weight is 292 g/mol. The van der Waals surface area contributed by atoms with Crippen molar-refractivity contribution >= 4 is 6.03 Å². The van der Waals surface area contributed by atoms with Gasteiger partial charge in [0.2, 0.25) is 0 Å². The number of aryl methyl sites for hydroxylation is 1. The van der Waals surface area contributed by atoms with Crippen molar-refractivity contribution in [1.29, 1.82) is 0 Å². The van der Waals surface area contributed by atoms with E-state index >= 15 is 0 Å². The highest BCUT2D eigenvalue weighted by molar-refractivity contribution is 5.79. The van der Waals surface area contributed by atoms with Crippen LogP contribution < -0.4 is 5.32 Å². The average Bonchev–Trinajstić information content (AvgIpc) is 2.50. The minimum Gasteiger partial charge on any atom is -0.308 e. The normalized spacial score (nSPS) is 14.1. The van der Waals surface area contributed by atoms with E-state index < -0.39 is 0 Å². The van der Waals surface area contributed by atoms with Crippen molar-refractivity contribution in [1.82, 2.24) is 20.2 Å². The Balaban J connectivity index is 1.84. The van der Waals surface area contributed by atoms with Crippen molar-refractivity contribution in [3.63, 3.8) is 0 Å². The number of allylic oxidation sites excluding steroid dienone is 1. The molecule has 1 aliphatic rings. The number of rotatable bonds is 3. The van der Waals surface area contributed by atoms with Crippen molar-refractivity contribution in [3.05, 3.63) is 72.3 Å². The standard InChI is InChI=1S/C17H16N4O/c1-12-3-6-18-15(9-12)16-10-14(4-7-19-16)11-21-8-5-13(2)20-17(21)22/h3-10H,2,11H2,1H3,(H,20,22). The largest absolute Gasteiger partial charge is 0.326 e. The third-order valence-corrected chi connectivity index (χ3v) is 3.34. The SMILES string of the molecule is C=C1C=CN(Cc2ccnc(-c3cc(C)ccn3)c2)C(=O)N1. The molecule has 0 saturated heterocycles. The van der Waals surface area contributed by atoms with Crippen LogP contribution in [0.5, 0.6) is 0 Å². The number of amides is 2. The maximum Gasteiger partial charge on any atom is 0.326 e. The quantitative estimate of drug-likeness (QED) is 0.946. The summed E-state index contributed by atoms with van der Waals surface area (Å²) in [6.45, 7) is 6.19. The third kappa shape index (κ3) is 3.03. The van der Waals surface area contributed by atoms with E-state index in [2.05, 4.69) is 21.9 Å². The monoisotopic (exact) mass is 292 g/mol. The van der Waals surface area contributed by atoms with Gasteiger partial charge in [0.05, 0.1) is 17.9 Å². The first-order chi connectivity index (χ1) is 10.6. The summed E-state index contributed by atoms with van der Waals surface area (Å²) in [6, 6.07) is 7.60. The van der Waals surface area contributed by atoms with Gasteiger partial charge in [-0.2, -0.15) is 0 Å². The van der Waals surface area contributed by atoms with Crippen molar-refractivity contribution < 1.29 is 4.79 Å². The van der Waals surface area contributed by atoms with Gasteiger partial charge in [-0.05, 0) is 48.4 Å². The molecular formula is C17H16N4O. The summed E-state index contributed by atoms with van der Waals surface area (Å²) >= 11 is 0. The summed E-state index contributed by atoms with van der Waals surface area (Å²) in [7, 11) is 0. The number of carbonyl (C=O) groups excluding carboxylic acids is 1. The van der Waals surface area contributed by atoms with Gasteiger partial charge in [-0.1, -0.05) is 6.58 Å². The van der Waals surface area contributed by atoms with Crippen LogP contribution in [0.25, 0.3) is 11.4 Å². The minimum atomic E-state index is -0.181. The summed E-state index contributed by atoms with van der Waals surface area (Å²) in [6.07, 6.45) is 7.00. The van der Waals surface area contributed by atoms with E-state index in [0.717, 1.165) is 22.5 Å². The molecule has 0 saturated carbocycles. The molecule has 3 heterocycles. The number of carbonyl (C=O) groups is 1. The van der Waals surface area contributed by atoms with Gasteiger partial charge in [0.1, 0.15) is 0 Å².